The van der Waals surface area contributed by atoms with Crippen LogP contribution in [0.5, 0.6) is 0 Å². The molecule has 2 aromatic rings. The van der Waals surface area contributed by atoms with Crippen LogP contribution < -0.4 is 5.32 Å². The lowest BCUT2D eigenvalue weighted by Gasteiger charge is -2.21. The fourth-order valence-electron chi connectivity index (χ4n) is 2.10. The molecule has 21 heavy (non-hydrogen) atoms. The Morgan fingerprint density at radius 2 is 2.05 bits per heavy atom. The number of aryl methyl sites for hydroxylation is 2. The van der Waals surface area contributed by atoms with Crippen molar-refractivity contribution in [1.29, 1.82) is 0 Å². The van der Waals surface area contributed by atoms with Crippen LogP contribution in [0.15, 0.2) is 30.3 Å². The molecule has 0 saturated heterocycles. The van der Waals surface area contributed by atoms with E-state index in [0.717, 1.165) is 20.5 Å². The van der Waals surface area contributed by atoms with E-state index in [-0.39, 0.29) is 6.03 Å². The largest absolute Gasteiger partial charge is 0.322 e. The minimum absolute atomic E-state index is 0.0889. The maximum absolute atomic E-state index is 12.4. The van der Waals surface area contributed by atoms with Crippen molar-refractivity contribution in [2.45, 2.75) is 27.3 Å². The topological polar surface area (TPSA) is 32.3 Å². The molecule has 0 saturated carbocycles. The summed E-state index contributed by atoms with van der Waals surface area (Å²) >= 11 is 7.44. The summed E-state index contributed by atoms with van der Waals surface area (Å²) in [5.41, 5.74) is 3.11. The van der Waals surface area contributed by atoms with Gasteiger partial charge in [0, 0.05) is 17.1 Å². The molecule has 1 heterocycles. The van der Waals surface area contributed by atoms with Crippen molar-refractivity contribution in [3.63, 3.8) is 0 Å². The zero-order valence-electron chi connectivity index (χ0n) is 12.4. The van der Waals surface area contributed by atoms with Crippen molar-refractivity contribution in [1.82, 2.24) is 4.90 Å². The number of anilines is 1. The van der Waals surface area contributed by atoms with E-state index >= 15 is 0 Å². The van der Waals surface area contributed by atoms with Crippen LogP contribution >= 0.6 is 22.9 Å². The normalized spacial score (nSPS) is 10.5. The van der Waals surface area contributed by atoms with Gasteiger partial charge in [-0.2, -0.15) is 0 Å². The van der Waals surface area contributed by atoms with Gasteiger partial charge in [0.1, 0.15) is 0 Å². The number of nitrogens with zero attached hydrogens (tertiary/aromatic N) is 1. The molecule has 1 N–H and O–H groups in total. The second-order valence-corrected chi connectivity index (χ2v) is 6.77. The number of hydrogen-bond donors (Lipinski definition) is 1. The molecule has 0 spiro atoms. The number of benzene rings is 1. The van der Waals surface area contributed by atoms with E-state index in [1.807, 2.05) is 45.0 Å². The Morgan fingerprint density at radius 3 is 2.62 bits per heavy atom. The van der Waals surface area contributed by atoms with Crippen LogP contribution in [-0.4, -0.2) is 17.5 Å². The molecule has 0 fully saturated rings. The van der Waals surface area contributed by atoms with Crippen LogP contribution in [0.1, 0.15) is 22.9 Å². The number of carbonyl (C=O) groups is 1. The average molecular weight is 323 g/mol. The number of carbonyl (C=O) groups excluding carboxylic acids is 1. The van der Waals surface area contributed by atoms with Gasteiger partial charge in [-0.1, -0.05) is 29.3 Å². The third kappa shape index (κ3) is 4.22. The van der Waals surface area contributed by atoms with Crippen molar-refractivity contribution >= 4 is 34.7 Å². The second-order valence-electron chi connectivity index (χ2n) is 4.97. The summed E-state index contributed by atoms with van der Waals surface area (Å²) in [5, 5.41) is 2.97. The Labute approximate surface area is 134 Å². The highest BCUT2D eigenvalue weighted by Crippen LogP contribution is 2.23. The van der Waals surface area contributed by atoms with Crippen molar-refractivity contribution in [3.05, 3.63) is 50.7 Å². The summed E-state index contributed by atoms with van der Waals surface area (Å²) in [7, 11) is 0. The van der Waals surface area contributed by atoms with Crippen LogP contribution in [0.3, 0.4) is 0 Å². The van der Waals surface area contributed by atoms with Gasteiger partial charge < -0.3 is 10.2 Å². The van der Waals surface area contributed by atoms with Crippen molar-refractivity contribution in [2.24, 2.45) is 0 Å². The number of halogens is 1. The molecule has 2 rings (SSSR count). The summed E-state index contributed by atoms with van der Waals surface area (Å²) in [6.45, 7) is 7.23. The molecule has 0 aliphatic heterocycles. The highest BCUT2D eigenvalue weighted by Gasteiger charge is 2.14. The van der Waals surface area contributed by atoms with E-state index in [1.165, 1.54) is 16.9 Å². The molecule has 0 unspecified atom stereocenters. The predicted molar refractivity (Wildman–Crippen MR) is 90.3 cm³/mol. The van der Waals surface area contributed by atoms with Crippen molar-refractivity contribution in [2.75, 3.05) is 11.9 Å². The van der Waals surface area contributed by atoms with Gasteiger partial charge in [0.25, 0.3) is 0 Å². The molecule has 1 aromatic heterocycles. The lowest BCUT2D eigenvalue weighted by atomic mass is 10.1. The average Bonchev–Trinajstić information content (AvgIpc) is 2.84. The first-order chi connectivity index (χ1) is 9.99. The van der Waals surface area contributed by atoms with Gasteiger partial charge in [-0.05, 0) is 44.5 Å². The van der Waals surface area contributed by atoms with Gasteiger partial charge >= 0.3 is 6.03 Å². The van der Waals surface area contributed by atoms with Crippen LogP contribution in [0.2, 0.25) is 4.34 Å². The Balaban J connectivity index is 2.06. The summed E-state index contributed by atoms with van der Waals surface area (Å²) in [4.78, 5) is 15.2. The van der Waals surface area contributed by atoms with Gasteiger partial charge in [0.15, 0.2) is 0 Å². The van der Waals surface area contributed by atoms with Gasteiger partial charge in [0.05, 0.1) is 10.9 Å². The summed E-state index contributed by atoms with van der Waals surface area (Å²) < 4.78 is 0.746. The third-order valence-corrected chi connectivity index (χ3v) is 4.48. The molecule has 112 valence electrons. The first-order valence-corrected chi connectivity index (χ1v) is 8.06. The van der Waals surface area contributed by atoms with Crippen LogP contribution in [-0.2, 0) is 6.54 Å². The number of urea groups is 1. The molecule has 2 amide bonds. The van der Waals surface area contributed by atoms with E-state index in [1.54, 1.807) is 4.90 Å². The van der Waals surface area contributed by atoms with E-state index in [0.29, 0.717) is 13.1 Å². The molecular formula is C16H19ClN2OS. The molecule has 0 aliphatic rings. The summed E-state index contributed by atoms with van der Waals surface area (Å²) in [6, 6.07) is 9.73. The van der Waals surface area contributed by atoms with E-state index in [2.05, 4.69) is 11.4 Å². The fraction of sp³-hybridized carbons (Fsp3) is 0.312. The maximum atomic E-state index is 12.4. The standard InChI is InChI=1S/C16H19ClN2OS/c1-4-19(10-13-6-8-15(17)21-13)16(20)18-14-7-5-11(2)9-12(14)3/h5-9H,4,10H2,1-3H3,(H,18,20). The Hall–Kier alpha value is -1.52. The molecule has 0 atom stereocenters. The quantitative estimate of drug-likeness (QED) is 0.837. The van der Waals surface area contributed by atoms with Crippen LogP contribution in [0, 0.1) is 13.8 Å². The predicted octanol–water partition coefficient (Wildman–Crippen LogP) is 5.07. The first-order valence-electron chi connectivity index (χ1n) is 6.87. The third-order valence-electron chi connectivity index (χ3n) is 3.27. The second kappa shape index (κ2) is 6.96. The van der Waals surface area contributed by atoms with Gasteiger partial charge in [-0.25, -0.2) is 4.79 Å². The number of amides is 2. The molecular weight excluding hydrogens is 304 g/mol. The van der Waals surface area contributed by atoms with Crippen molar-refractivity contribution < 1.29 is 4.79 Å². The zero-order valence-corrected chi connectivity index (χ0v) is 14.0. The Kier molecular flexibility index (Phi) is 5.26. The van der Waals surface area contributed by atoms with E-state index in [9.17, 15) is 4.79 Å². The molecule has 3 nitrogen and oxygen atoms in total. The maximum Gasteiger partial charge on any atom is 0.322 e. The van der Waals surface area contributed by atoms with E-state index < -0.39 is 0 Å². The van der Waals surface area contributed by atoms with E-state index in [4.69, 9.17) is 11.6 Å². The lowest BCUT2D eigenvalue weighted by Crippen LogP contribution is -2.34. The molecule has 0 radical (unpaired) electrons. The fourth-order valence-corrected chi connectivity index (χ4v) is 3.20. The van der Waals surface area contributed by atoms with Crippen LogP contribution in [0.4, 0.5) is 10.5 Å². The van der Waals surface area contributed by atoms with Gasteiger partial charge in [-0.15, -0.1) is 11.3 Å². The van der Waals surface area contributed by atoms with Crippen LogP contribution in [0.25, 0.3) is 0 Å². The Morgan fingerprint density at radius 1 is 1.29 bits per heavy atom. The summed E-state index contributed by atoms with van der Waals surface area (Å²) in [6.07, 6.45) is 0. The van der Waals surface area contributed by atoms with Gasteiger partial charge in [-0.3, -0.25) is 0 Å². The first kappa shape index (κ1) is 15.9. The zero-order chi connectivity index (χ0) is 15.4. The smallest absolute Gasteiger partial charge is 0.320 e. The molecule has 0 aliphatic carbocycles. The molecule has 0 bridgehead atoms. The number of hydrogen-bond acceptors (Lipinski definition) is 2. The minimum atomic E-state index is -0.0889. The molecule has 1 aromatic carbocycles. The van der Waals surface area contributed by atoms with Crippen molar-refractivity contribution in [3.8, 4) is 0 Å². The van der Waals surface area contributed by atoms with Gasteiger partial charge in [0.2, 0.25) is 0 Å². The Bertz CT molecular complexity index is 639. The summed E-state index contributed by atoms with van der Waals surface area (Å²) in [5.74, 6) is 0. The number of thiophene rings is 1. The monoisotopic (exact) mass is 322 g/mol. The molecule has 5 heteroatoms. The highest BCUT2D eigenvalue weighted by molar-refractivity contribution is 7.16. The highest BCUT2D eigenvalue weighted by atomic mass is 35.5. The number of nitrogens with one attached hydrogen (secondary N) is 1. The number of rotatable bonds is 4. The lowest BCUT2D eigenvalue weighted by molar-refractivity contribution is 0.212. The minimum Gasteiger partial charge on any atom is -0.320 e. The SMILES string of the molecule is CCN(Cc1ccc(Cl)s1)C(=O)Nc1ccc(C)cc1C.